The zero-order chi connectivity index (χ0) is 6.57. The van der Waals surface area contributed by atoms with Gasteiger partial charge in [0.15, 0.2) is 0 Å². The lowest BCUT2D eigenvalue weighted by Gasteiger charge is -1.92. The van der Waals surface area contributed by atoms with Crippen LogP contribution in [0, 0.1) is 0 Å². The SMILES string of the molecule is C=C(C)CC(C)=NO. The lowest BCUT2D eigenvalue weighted by Crippen LogP contribution is -1.89. The molecule has 0 aromatic carbocycles. The summed E-state index contributed by atoms with van der Waals surface area (Å²) in [5.74, 6) is 0. The fraction of sp³-hybridized carbons (Fsp3) is 0.500. The van der Waals surface area contributed by atoms with Crippen LogP contribution in [0.1, 0.15) is 20.3 Å². The second kappa shape index (κ2) is 3.24. The molecule has 2 nitrogen and oxygen atoms in total. The average molecular weight is 113 g/mol. The van der Waals surface area contributed by atoms with Crippen LogP contribution in [-0.4, -0.2) is 10.9 Å². The Labute approximate surface area is 49.5 Å². The fourth-order valence-electron chi connectivity index (χ4n) is 0.472. The van der Waals surface area contributed by atoms with Crippen LogP contribution >= 0.6 is 0 Å². The van der Waals surface area contributed by atoms with E-state index in [0.717, 1.165) is 5.57 Å². The van der Waals surface area contributed by atoms with Crippen molar-refractivity contribution in [3.63, 3.8) is 0 Å². The molecule has 0 unspecified atom stereocenters. The molecule has 0 rings (SSSR count). The first-order valence-corrected chi connectivity index (χ1v) is 2.48. The van der Waals surface area contributed by atoms with Gasteiger partial charge in [0.25, 0.3) is 0 Å². The van der Waals surface area contributed by atoms with Crippen LogP contribution in [0.15, 0.2) is 17.3 Å². The van der Waals surface area contributed by atoms with Crippen molar-refractivity contribution >= 4 is 5.71 Å². The predicted molar refractivity (Wildman–Crippen MR) is 34.3 cm³/mol. The van der Waals surface area contributed by atoms with Crippen LogP contribution in [0.5, 0.6) is 0 Å². The lowest BCUT2D eigenvalue weighted by atomic mass is 10.2. The third-order valence-electron chi connectivity index (χ3n) is 0.728. The highest BCUT2D eigenvalue weighted by Gasteiger charge is 1.88. The zero-order valence-electron chi connectivity index (χ0n) is 5.31. The van der Waals surface area contributed by atoms with E-state index >= 15 is 0 Å². The van der Waals surface area contributed by atoms with Gasteiger partial charge >= 0.3 is 0 Å². The lowest BCUT2D eigenvalue weighted by molar-refractivity contribution is 0.317. The van der Waals surface area contributed by atoms with Crippen molar-refractivity contribution in [1.82, 2.24) is 0 Å². The van der Waals surface area contributed by atoms with Crippen molar-refractivity contribution in [2.75, 3.05) is 0 Å². The molecular formula is C6H11NO. The molecule has 46 valence electrons. The van der Waals surface area contributed by atoms with E-state index in [1.165, 1.54) is 0 Å². The van der Waals surface area contributed by atoms with Crippen LogP contribution in [0.3, 0.4) is 0 Å². The van der Waals surface area contributed by atoms with Crippen LogP contribution in [0.25, 0.3) is 0 Å². The maximum absolute atomic E-state index is 8.13. The number of hydrogen-bond acceptors (Lipinski definition) is 2. The molecule has 8 heavy (non-hydrogen) atoms. The highest BCUT2D eigenvalue weighted by molar-refractivity contribution is 5.83. The van der Waals surface area contributed by atoms with Crippen LogP contribution in [0.2, 0.25) is 0 Å². The maximum atomic E-state index is 8.13. The molecular weight excluding hydrogens is 102 g/mol. The number of oxime groups is 1. The highest BCUT2D eigenvalue weighted by atomic mass is 16.4. The monoisotopic (exact) mass is 113 g/mol. The number of nitrogens with zero attached hydrogens (tertiary/aromatic N) is 1. The molecule has 0 atom stereocenters. The Morgan fingerprint density at radius 3 is 2.25 bits per heavy atom. The predicted octanol–water partition coefficient (Wildman–Crippen LogP) is 1.80. The van der Waals surface area contributed by atoms with Crippen LogP contribution in [0.4, 0.5) is 0 Å². The van der Waals surface area contributed by atoms with Crippen molar-refractivity contribution < 1.29 is 5.21 Å². The van der Waals surface area contributed by atoms with Crippen molar-refractivity contribution in [2.24, 2.45) is 5.16 Å². The molecule has 1 N–H and O–H groups in total. The second-order valence-electron chi connectivity index (χ2n) is 1.97. The zero-order valence-corrected chi connectivity index (χ0v) is 5.31. The molecule has 0 aliphatic carbocycles. The summed E-state index contributed by atoms with van der Waals surface area (Å²) in [6.45, 7) is 7.31. The minimum absolute atomic E-state index is 0.691. The van der Waals surface area contributed by atoms with Gasteiger partial charge in [-0.05, 0) is 13.8 Å². The quantitative estimate of drug-likeness (QED) is 0.252. The molecule has 0 radical (unpaired) electrons. The van der Waals surface area contributed by atoms with Crippen molar-refractivity contribution in [3.8, 4) is 0 Å². The van der Waals surface area contributed by atoms with Gasteiger partial charge in [-0.2, -0.15) is 0 Å². The maximum Gasteiger partial charge on any atom is 0.0580 e. The number of hydrogen-bond donors (Lipinski definition) is 1. The average Bonchev–Trinajstić information content (AvgIpc) is 1.65. The van der Waals surface area contributed by atoms with E-state index in [0.29, 0.717) is 12.1 Å². The topological polar surface area (TPSA) is 32.6 Å². The molecule has 0 fully saturated rings. The van der Waals surface area contributed by atoms with Crippen LogP contribution < -0.4 is 0 Å². The molecule has 0 spiro atoms. The van der Waals surface area contributed by atoms with Gasteiger partial charge in [0, 0.05) is 6.42 Å². The van der Waals surface area contributed by atoms with E-state index < -0.39 is 0 Å². The number of allylic oxidation sites excluding steroid dienone is 1. The Balaban J connectivity index is 3.56. The Kier molecular flexibility index (Phi) is 2.92. The Morgan fingerprint density at radius 2 is 2.12 bits per heavy atom. The van der Waals surface area contributed by atoms with E-state index in [-0.39, 0.29) is 0 Å². The summed E-state index contributed by atoms with van der Waals surface area (Å²) in [6, 6.07) is 0. The Bertz CT molecular complexity index is 116. The molecule has 0 aromatic heterocycles. The van der Waals surface area contributed by atoms with Crippen molar-refractivity contribution in [3.05, 3.63) is 12.2 Å². The fourth-order valence-corrected chi connectivity index (χ4v) is 0.472. The summed E-state index contributed by atoms with van der Waals surface area (Å²) in [4.78, 5) is 0. The van der Waals surface area contributed by atoms with E-state index in [1.54, 1.807) is 6.92 Å². The molecule has 2 heteroatoms. The van der Waals surface area contributed by atoms with Crippen molar-refractivity contribution in [2.45, 2.75) is 20.3 Å². The standard InChI is InChI=1S/C6H11NO/c1-5(2)4-6(3)7-8/h8H,1,4H2,2-3H3. The molecule has 0 aliphatic rings. The smallest absolute Gasteiger partial charge is 0.0580 e. The molecule has 0 saturated carbocycles. The van der Waals surface area contributed by atoms with Crippen molar-refractivity contribution in [1.29, 1.82) is 0 Å². The Morgan fingerprint density at radius 1 is 1.62 bits per heavy atom. The summed E-state index contributed by atoms with van der Waals surface area (Å²) in [7, 11) is 0. The molecule has 0 saturated heterocycles. The van der Waals surface area contributed by atoms with Gasteiger partial charge in [-0.25, -0.2) is 0 Å². The van der Waals surface area contributed by atoms with Crippen LogP contribution in [-0.2, 0) is 0 Å². The molecule has 0 aliphatic heterocycles. The van der Waals surface area contributed by atoms with Gasteiger partial charge in [0.1, 0.15) is 0 Å². The first-order valence-electron chi connectivity index (χ1n) is 2.48. The van der Waals surface area contributed by atoms with Gasteiger partial charge < -0.3 is 5.21 Å². The Hall–Kier alpha value is -0.790. The molecule has 0 heterocycles. The minimum atomic E-state index is 0.691. The minimum Gasteiger partial charge on any atom is -0.411 e. The largest absolute Gasteiger partial charge is 0.411 e. The molecule has 0 amide bonds. The summed E-state index contributed by atoms with van der Waals surface area (Å²) >= 11 is 0. The van der Waals surface area contributed by atoms with E-state index in [4.69, 9.17) is 5.21 Å². The van der Waals surface area contributed by atoms with Gasteiger partial charge in [-0.3, -0.25) is 0 Å². The van der Waals surface area contributed by atoms with Gasteiger partial charge in [0.2, 0.25) is 0 Å². The van der Waals surface area contributed by atoms with E-state index in [2.05, 4.69) is 11.7 Å². The summed E-state index contributed by atoms with van der Waals surface area (Å²) in [6.07, 6.45) is 0.691. The summed E-state index contributed by atoms with van der Waals surface area (Å²) in [5, 5.41) is 11.1. The summed E-state index contributed by atoms with van der Waals surface area (Å²) in [5.41, 5.74) is 1.72. The van der Waals surface area contributed by atoms with E-state index in [9.17, 15) is 0 Å². The first-order chi connectivity index (χ1) is 3.66. The second-order valence-corrected chi connectivity index (χ2v) is 1.97. The summed E-state index contributed by atoms with van der Waals surface area (Å²) < 4.78 is 0. The third kappa shape index (κ3) is 3.40. The third-order valence-corrected chi connectivity index (χ3v) is 0.728. The molecule has 0 aromatic rings. The normalized spacial score (nSPS) is 11.5. The van der Waals surface area contributed by atoms with Gasteiger partial charge in [0.05, 0.1) is 5.71 Å². The number of rotatable bonds is 2. The van der Waals surface area contributed by atoms with Gasteiger partial charge in [-0.15, -0.1) is 0 Å². The van der Waals surface area contributed by atoms with Gasteiger partial charge in [-0.1, -0.05) is 17.3 Å². The molecule has 0 bridgehead atoms. The highest BCUT2D eigenvalue weighted by Crippen LogP contribution is 1.95. The first kappa shape index (κ1) is 7.21. The van der Waals surface area contributed by atoms with E-state index in [1.807, 2.05) is 6.92 Å².